The van der Waals surface area contributed by atoms with Gasteiger partial charge in [-0.3, -0.25) is 5.43 Å². The summed E-state index contributed by atoms with van der Waals surface area (Å²) >= 11 is 3.38. The molecule has 0 saturated carbocycles. The zero-order chi connectivity index (χ0) is 13.9. The molecule has 0 unspecified atom stereocenters. The highest BCUT2D eigenvalue weighted by molar-refractivity contribution is 9.10. The normalized spacial score (nSPS) is 12.3. The van der Waals surface area contributed by atoms with Crippen LogP contribution in [0.2, 0.25) is 0 Å². The molecule has 0 radical (unpaired) electrons. The van der Waals surface area contributed by atoms with Crippen LogP contribution in [0.4, 0.5) is 11.8 Å². The molecular weight excluding hydrogens is 326 g/mol. The minimum atomic E-state index is 0.273. The number of rotatable bonds is 4. The largest absolute Gasteiger partial charge is 0.454 e. The van der Waals surface area contributed by atoms with Crippen molar-refractivity contribution in [2.24, 2.45) is 5.84 Å². The van der Waals surface area contributed by atoms with Crippen molar-refractivity contribution in [2.45, 2.75) is 6.54 Å². The van der Waals surface area contributed by atoms with Crippen LogP contribution in [0.1, 0.15) is 5.56 Å². The van der Waals surface area contributed by atoms with E-state index in [1.54, 1.807) is 6.20 Å². The lowest BCUT2D eigenvalue weighted by Crippen LogP contribution is -2.12. The molecular formula is C12H12BrN5O2. The van der Waals surface area contributed by atoms with Gasteiger partial charge in [0.05, 0.1) is 4.47 Å². The molecule has 0 fully saturated rings. The molecule has 0 aliphatic carbocycles. The van der Waals surface area contributed by atoms with E-state index in [2.05, 4.69) is 36.6 Å². The molecule has 2 heterocycles. The van der Waals surface area contributed by atoms with Crippen molar-refractivity contribution in [1.29, 1.82) is 0 Å². The Bertz CT molecular complexity index is 637. The number of benzene rings is 1. The quantitative estimate of drug-likeness (QED) is 0.579. The first-order chi connectivity index (χ1) is 9.76. The highest BCUT2D eigenvalue weighted by Crippen LogP contribution is 2.32. The Labute approximate surface area is 123 Å². The predicted octanol–water partition coefficient (Wildman–Crippen LogP) is 1.87. The number of nitrogens with two attached hydrogens (primary N) is 1. The average molecular weight is 338 g/mol. The SMILES string of the molecule is NNc1ncc(Br)c(NCc2ccc3c(c2)OCO3)n1. The second-order valence-corrected chi connectivity index (χ2v) is 4.93. The standard InChI is InChI=1S/C12H12BrN5O2/c13-8-5-16-12(18-14)17-11(8)15-4-7-1-2-9-10(3-7)20-6-19-9/h1-3,5H,4,6,14H2,(H2,15,16,17,18). The maximum absolute atomic E-state index is 5.34. The summed E-state index contributed by atoms with van der Waals surface area (Å²) in [5.74, 6) is 7.83. The Hall–Kier alpha value is -2.06. The van der Waals surface area contributed by atoms with E-state index in [0.717, 1.165) is 21.5 Å². The molecule has 8 heteroatoms. The van der Waals surface area contributed by atoms with E-state index in [-0.39, 0.29) is 6.79 Å². The van der Waals surface area contributed by atoms with Crippen LogP contribution in [0.15, 0.2) is 28.9 Å². The molecule has 1 aromatic heterocycles. The van der Waals surface area contributed by atoms with Crippen LogP contribution in [0, 0.1) is 0 Å². The number of fused-ring (bicyclic) bond motifs is 1. The monoisotopic (exact) mass is 337 g/mol. The van der Waals surface area contributed by atoms with Crippen molar-refractivity contribution in [2.75, 3.05) is 17.5 Å². The molecule has 1 aliphatic heterocycles. The van der Waals surface area contributed by atoms with E-state index in [1.165, 1.54) is 0 Å². The van der Waals surface area contributed by atoms with Crippen LogP contribution in [0.25, 0.3) is 0 Å². The van der Waals surface area contributed by atoms with Gasteiger partial charge in [-0.1, -0.05) is 6.07 Å². The zero-order valence-electron chi connectivity index (χ0n) is 10.4. The van der Waals surface area contributed by atoms with Gasteiger partial charge in [-0.15, -0.1) is 0 Å². The minimum Gasteiger partial charge on any atom is -0.454 e. The number of nitrogen functional groups attached to an aromatic ring is 1. The Balaban J connectivity index is 1.73. The highest BCUT2D eigenvalue weighted by atomic mass is 79.9. The lowest BCUT2D eigenvalue weighted by atomic mass is 10.2. The van der Waals surface area contributed by atoms with Gasteiger partial charge in [0.1, 0.15) is 5.82 Å². The number of anilines is 2. The lowest BCUT2D eigenvalue weighted by Gasteiger charge is -2.09. The fraction of sp³-hybridized carbons (Fsp3) is 0.167. The maximum atomic E-state index is 5.34. The van der Waals surface area contributed by atoms with Gasteiger partial charge in [0.2, 0.25) is 12.7 Å². The summed E-state index contributed by atoms with van der Waals surface area (Å²) in [4.78, 5) is 8.21. The van der Waals surface area contributed by atoms with Crippen LogP contribution < -0.4 is 26.1 Å². The molecule has 4 N–H and O–H groups in total. The summed E-state index contributed by atoms with van der Waals surface area (Å²) in [5, 5.41) is 3.21. The Kier molecular flexibility index (Phi) is 3.57. The first-order valence-electron chi connectivity index (χ1n) is 5.88. The van der Waals surface area contributed by atoms with Crippen molar-refractivity contribution >= 4 is 27.7 Å². The number of aromatic nitrogens is 2. The third kappa shape index (κ3) is 2.61. The van der Waals surface area contributed by atoms with Crippen LogP contribution in [0.3, 0.4) is 0 Å². The number of halogens is 1. The molecule has 0 atom stereocenters. The number of hydrazine groups is 1. The van der Waals surface area contributed by atoms with Crippen LogP contribution in [-0.4, -0.2) is 16.8 Å². The molecule has 3 rings (SSSR count). The smallest absolute Gasteiger partial charge is 0.239 e. The van der Waals surface area contributed by atoms with Gasteiger partial charge >= 0.3 is 0 Å². The fourth-order valence-corrected chi connectivity index (χ4v) is 2.13. The maximum Gasteiger partial charge on any atom is 0.239 e. The van der Waals surface area contributed by atoms with Crippen molar-refractivity contribution in [3.8, 4) is 11.5 Å². The van der Waals surface area contributed by atoms with Gasteiger partial charge in [0.15, 0.2) is 11.5 Å². The summed E-state index contributed by atoms with van der Waals surface area (Å²) in [6.07, 6.45) is 1.63. The fourth-order valence-electron chi connectivity index (χ4n) is 1.80. The number of hydrogen-bond donors (Lipinski definition) is 3. The first-order valence-corrected chi connectivity index (χ1v) is 6.67. The zero-order valence-corrected chi connectivity index (χ0v) is 12.0. The Morgan fingerprint density at radius 1 is 1.30 bits per heavy atom. The van der Waals surface area contributed by atoms with E-state index >= 15 is 0 Å². The second-order valence-electron chi connectivity index (χ2n) is 4.08. The van der Waals surface area contributed by atoms with Gasteiger partial charge < -0.3 is 14.8 Å². The lowest BCUT2D eigenvalue weighted by molar-refractivity contribution is 0.174. The first kappa shape index (κ1) is 12.9. The summed E-state index contributed by atoms with van der Waals surface area (Å²) in [6.45, 7) is 0.867. The Morgan fingerprint density at radius 2 is 2.15 bits per heavy atom. The molecule has 0 amide bonds. The van der Waals surface area contributed by atoms with Gasteiger partial charge in [0.25, 0.3) is 0 Å². The number of hydrogen-bond acceptors (Lipinski definition) is 7. The molecule has 7 nitrogen and oxygen atoms in total. The molecule has 1 aromatic carbocycles. The summed E-state index contributed by atoms with van der Waals surface area (Å²) in [5.41, 5.74) is 3.46. The third-order valence-corrected chi connectivity index (χ3v) is 3.35. The van der Waals surface area contributed by atoms with Crippen LogP contribution in [-0.2, 0) is 6.54 Å². The van der Waals surface area contributed by atoms with Crippen LogP contribution in [0.5, 0.6) is 11.5 Å². The van der Waals surface area contributed by atoms with Gasteiger partial charge in [-0.05, 0) is 33.6 Å². The molecule has 0 saturated heterocycles. The summed E-state index contributed by atoms with van der Waals surface area (Å²) < 4.78 is 11.4. The summed E-state index contributed by atoms with van der Waals surface area (Å²) in [7, 11) is 0. The molecule has 1 aliphatic rings. The van der Waals surface area contributed by atoms with E-state index in [4.69, 9.17) is 15.3 Å². The van der Waals surface area contributed by atoms with Crippen molar-refractivity contribution in [1.82, 2.24) is 9.97 Å². The summed E-state index contributed by atoms with van der Waals surface area (Å²) in [6, 6.07) is 5.80. The highest BCUT2D eigenvalue weighted by Gasteiger charge is 2.13. The predicted molar refractivity (Wildman–Crippen MR) is 77.4 cm³/mol. The minimum absolute atomic E-state index is 0.273. The Morgan fingerprint density at radius 3 is 3.00 bits per heavy atom. The average Bonchev–Trinajstić information content (AvgIpc) is 2.94. The number of nitrogens with one attached hydrogen (secondary N) is 2. The molecule has 20 heavy (non-hydrogen) atoms. The van der Waals surface area contributed by atoms with Gasteiger partial charge in [-0.2, -0.15) is 4.98 Å². The number of nitrogens with zero attached hydrogens (tertiary/aromatic N) is 2. The molecule has 2 aromatic rings. The third-order valence-electron chi connectivity index (χ3n) is 2.77. The van der Waals surface area contributed by atoms with E-state index < -0.39 is 0 Å². The number of ether oxygens (including phenoxy) is 2. The van der Waals surface area contributed by atoms with Gasteiger partial charge in [0, 0.05) is 12.7 Å². The van der Waals surface area contributed by atoms with E-state index in [9.17, 15) is 0 Å². The van der Waals surface area contributed by atoms with Crippen molar-refractivity contribution in [3.63, 3.8) is 0 Å². The van der Waals surface area contributed by atoms with Gasteiger partial charge in [-0.25, -0.2) is 10.8 Å². The van der Waals surface area contributed by atoms with E-state index in [1.807, 2.05) is 18.2 Å². The van der Waals surface area contributed by atoms with Crippen molar-refractivity contribution < 1.29 is 9.47 Å². The second kappa shape index (κ2) is 5.51. The molecule has 0 bridgehead atoms. The molecule has 104 valence electrons. The molecule has 0 spiro atoms. The van der Waals surface area contributed by atoms with E-state index in [0.29, 0.717) is 18.3 Å². The van der Waals surface area contributed by atoms with Crippen molar-refractivity contribution in [3.05, 3.63) is 34.4 Å². The topological polar surface area (TPSA) is 94.3 Å². The van der Waals surface area contributed by atoms with Crippen LogP contribution >= 0.6 is 15.9 Å².